The van der Waals surface area contributed by atoms with E-state index in [4.69, 9.17) is 22.1 Å². The highest BCUT2D eigenvalue weighted by Gasteiger charge is 2.31. The molecule has 1 aromatic heterocycles. The molecule has 1 fully saturated rings. The minimum absolute atomic E-state index is 0.0900. The lowest BCUT2D eigenvalue weighted by Crippen LogP contribution is -2.41. The Labute approximate surface area is 181 Å². The molecule has 0 aliphatic carbocycles. The van der Waals surface area contributed by atoms with Gasteiger partial charge in [0, 0.05) is 36.8 Å². The average Bonchev–Trinajstić information content (AvgIpc) is 2.66. The minimum Gasteiger partial charge on any atom is -0.376 e. The number of amides is 1. The van der Waals surface area contributed by atoms with Gasteiger partial charge in [0.1, 0.15) is 11.5 Å². The highest BCUT2D eigenvalue weighted by atomic mass is 35.5. The molecule has 0 spiro atoms. The predicted octanol–water partition coefficient (Wildman–Crippen LogP) is 4.20. The zero-order valence-corrected chi connectivity index (χ0v) is 18.1. The summed E-state index contributed by atoms with van der Waals surface area (Å²) in [7, 11) is 0. The molecule has 5 nitrogen and oxygen atoms in total. The summed E-state index contributed by atoms with van der Waals surface area (Å²) in [5.41, 5.74) is 8.46. The van der Waals surface area contributed by atoms with Crippen LogP contribution in [0.2, 0.25) is 5.02 Å². The second-order valence-electron chi connectivity index (χ2n) is 8.92. The van der Waals surface area contributed by atoms with E-state index in [9.17, 15) is 9.18 Å². The summed E-state index contributed by atoms with van der Waals surface area (Å²) in [6.45, 7) is 7.50. The molecule has 2 aliphatic heterocycles. The van der Waals surface area contributed by atoms with Crippen molar-refractivity contribution in [2.45, 2.75) is 45.3 Å². The maximum Gasteiger partial charge on any atom is 0.267 e. The van der Waals surface area contributed by atoms with E-state index < -0.39 is 11.7 Å². The van der Waals surface area contributed by atoms with Crippen molar-refractivity contribution in [2.75, 3.05) is 19.7 Å². The van der Waals surface area contributed by atoms with Gasteiger partial charge >= 0.3 is 0 Å². The smallest absolute Gasteiger partial charge is 0.267 e. The molecule has 1 amide bonds. The van der Waals surface area contributed by atoms with Crippen LogP contribution in [0, 0.1) is 11.7 Å². The second-order valence-corrected chi connectivity index (χ2v) is 9.36. The molecular formula is C23H27ClFN3O2. The number of carbonyl (C=O) groups is 1. The third-order valence-corrected chi connectivity index (χ3v) is 6.29. The van der Waals surface area contributed by atoms with Crippen molar-refractivity contribution in [1.82, 2.24) is 9.88 Å². The molecule has 0 saturated carbocycles. The summed E-state index contributed by atoms with van der Waals surface area (Å²) < 4.78 is 20.5. The number of hydrogen-bond donors (Lipinski definition) is 1. The van der Waals surface area contributed by atoms with Crippen LogP contribution in [0.1, 0.15) is 48.4 Å². The number of halogens is 2. The van der Waals surface area contributed by atoms with Crippen LogP contribution in [0.25, 0.3) is 11.1 Å². The third-order valence-electron chi connectivity index (χ3n) is 6.05. The van der Waals surface area contributed by atoms with E-state index >= 15 is 0 Å². The molecule has 1 atom stereocenters. The lowest BCUT2D eigenvalue weighted by atomic mass is 9.87. The second kappa shape index (κ2) is 8.25. The van der Waals surface area contributed by atoms with Gasteiger partial charge in [0.15, 0.2) is 0 Å². The lowest BCUT2D eigenvalue weighted by Gasteiger charge is -2.39. The standard InChI is InChI=1S/C23H27ClFN3O2/c1-23(2)11-14(6-8-30-23)12-28-7-5-17-18(16-4-3-15(24)9-19(16)25)10-20(22(26)29)27-21(17)13-28/h3-4,9-10,14H,5-8,11-13H2,1-2H3,(H2,26,29)/t14-/m1/s1. The fraction of sp³-hybridized carbons (Fsp3) is 0.478. The highest BCUT2D eigenvalue weighted by molar-refractivity contribution is 6.30. The van der Waals surface area contributed by atoms with Gasteiger partial charge in [-0.1, -0.05) is 11.6 Å². The fourth-order valence-electron chi connectivity index (χ4n) is 4.70. The zero-order valence-electron chi connectivity index (χ0n) is 17.4. The maximum atomic E-state index is 14.7. The van der Waals surface area contributed by atoms with E-state index in [0.717, 1.165) is 50.2 Å². The molecule has 160 valence electrons. The number of pyridine rings is 1. The van der Waals surface area contributed by atoms with E-state index in [0.29, 0.717) is 28.6 Å². The van der Waals surface area contributed by atoms with Crippen molar-refractivity contribution in [3.05, 3.63) is 52.1 Å². The Balaban J connectivity index is 1.63. The lowest BCUT2D eigenvalue weighted by molar-refractivity contribution is -0.0773. The number of nitrogens with zero attached hydrogens (tertiary/aromatic N) is 2. The van der Waals surface area contributed by atoms with Crippen molar-refractivity contribution in [3.8, 4) is 11.1 Å². The summed E-state index contributed by atoms with van der Waals surface area (Å²) in [5, 5.41) is 0.333. The first-order chi connectivity index (χ1) is 14.2. The van der Waals surface area contributed by atoms with Crippen LogP contribution < -0.4 is 5.73 Å². The van der Waals surface area contributed by atoms with Gasteiger partial charge in [-0.05, 0) is 74.4 Å². The van der Waals surface area contributed by atoms with Gasteiger partial charge in [0.25, 0.3) is 5.91 Å². The molecule has 4 rings (SSSR count). The number of aromatic nitrogens is 1. The summed E-state index contributed by atoms with van der Waals surface area (Å²) in [6, 6.07) is 6.19. The van der Waals surface area contributed by atoms with Gasteiger partial charge in [-0.3, -0.25) is 9.69 Å². The molecule has 30 heavy (non-hydrogen) atoms. The molecule has 1 aromatic carbocycles. The summed E-state index contributed by atoms with van der Waals surface area (Å²) in [4.78, 5) is 18.8. The van der Waals surface area contributed by atoms with Crippen LogP contribution >= 0.6 is 11.6 Å². The Morgan fingerprint density at radius 1 is 1.37 bits per heavy atom. The normalized spacial score (nSPS) is 21.3. The molecule has 0 bridgehead atoms. The van der Waals surface area contributed by atoms with Gasteiger partial charge in [0.05, 0.1) is 11.3 Å². The average molecular weight is 432 g/mol. The first-order valence-corrected chi connectivity index (χ1v) is 10.7. The number of hydrogen-bond acceptors (Lipinski definition) is 4. The van der Waals surface area contributed by atoms with Gasteiger partial charge in [0.2, 0.25) is 0 Å². The SMILES string of the molecule is CC1(C)C[C@H](CN2CCc3c(-c4ccc(Cl)cc4F)cc(C(N)=O)nc3C2)CCO1. The van der Waals surface area contributed by atoms with Gasteiger partial charge in [-0.15, -0.1) is 0 Å². The Morgan fingerprint density at radius 2 is 2.17 bits per heavy atom. The quantitative estimate of drug-likeness (QED) is 0.787. The number of carbonyl (C=O) groups excluding carboxylic acids is 1. The maximum absolute atomic E-state index is 14.7. The number of nitrogens with two attached hydrogens (primary N) is 1. The number of rotatable bonds is 4. The fourth-order valence-corrected chi connectivity index (χ4v) is 4.86. The number of fused-ring (bicyclic) bond motifs is 1. The van der Waals surface area contributed by atoms with Gasteiger partial charge in [-0.25, -0.2) is 9.37 Å². The van der Waals surface area contributed by atoms with E-state index in [2.05, 4.69) is 23.7 Å². The first kappa shape index (κ1) is 21.2. The van der Waals surface area contributed by atoms with Crippen LogP contribution in [-0.4, -0.2) is 41.1 Å². The van der Waals surface area contributed by atoms with Crippen molar-refractivity contribution >= 4 is 17.5 Å². The van der Waals surface area contributed by atoms with Crippen LogP contribution in [0.5, 0.6) is 0 Å². The molecular weight excluding hydrogens is 405 g/mol. The largest absolute Gasteiger partial charge is 0.376 e. The van der Waals surface area contributed by atoms with Gasteiger partial charge in [-0.2, -0.15) is 0 Å². The van der Waals surface area contributed by atoms with E-state index in [1.54, 1.807) is 18.2 Å². The number of benzene rings is 1. The molecule has 2 aromatic rings. The molecule has 3 heterocycles. The Bertz CT molecular complexity index is 979. The Kier molecular flexibility index (Phi) is 5.84. The molecule has 0 radical (unpaired) electrons. The number of primary amides is 1. The van der Waals surface area contributed by atoms with Crippen LogP contribution in [0.4, 0.5) is 4.39 Å². The van der Waals surface area contributed by atoms with Crippen molar-refractivity contribution in [2.24, 2.45) is 11.7 Å². The highest BCUT2D eigenvalue weighted by Crippen LogP contribution is 2.34. The molecule has 7 heteroatoms. The molecule has 1 saturated heterocycles. The van der Waals surface area contributed by atoms with Crippen LogP contribution in [-0.2, 0) is 17.7 Å². The third kappa shape index (κ3) is 4.51. The number of ether oxygens (including phenoxy) is 1. The van der Waals surface area contributed by atoms with Crippen LogP contribution in [0.3, 0.4) is 0 Å². The Morgan fingerprint density at radius 3 is 2.87 bits per heavy atom. The van der Waals surface area contributed by atoms with E-state index in [1.807, 2.05) is 0 Å². The minimum atomic E-state index is -0.614. The summed E-state index contributed by atoms with van der Waals surface area (Å²) >= 11 is 5.92. The van der Waals surface area contributed by atoms with Gasteiger partial charge < -0.3 is 10.5 Å². The summed E-state index contributed by atoms with van der Waals surface area (Å²) in [6.07, 6.45) is 2.81. The van der Waals surface area contributed by atoms with Crippen molar-refractivity contribution in [3.63, 3.8) is 0 Å². The van der Waals surface area contributed by atoms with Crippen molar-refractivity contribution < 1.29 is 13.9 Å². The molecule has 0 unspecified atom stereocenters. The predicted molar refractivity (Wildman–Crippen MR) is 115 cm³/mol. The molecule has 2 N–H and O–H groups in total. The van der Waals surface area contributed by atoms with Crippen molar-refractivity contribution in [1.29, 1.82) is 0 Å². The topological polar surface area (TPSA) is 68.5 Å². The van der Waals surface area contributed by atoms with Crippen LogP contribution in [0.15, 0.2) is 24.3 Å². The zero-order chi connectivity index (χ0) is 21.5. The first-order valence-electron chi connectivity index (χ1n) is 10.4. The summed E-state index contributed by atoms with van der Waals surface area (Å²) in [5.74, 6) is -0.474. The van der Waals surface area contributed by atoms with E-state index in [1.165, 1.54) is 6.07 Å². The monoisotopic (exact) mass is 431 g/mol. The Hall–Kier alpha value is -2.02. The van der Waals surface area contributed by atoms with E-state index in [-0.39, 0.29) is 11.3 Å². The molecule has 2 aliphatic rings.